The van der Waals surface area contributed by atoms with Crippen LogP contribution in [0.1, 0.15) is 51.4 Å². The van der Waals surface area contributed by atoms with Crippen LogP contribution >= 0.6 is 12.4 Å². The van der Waals surface area contributed by atoms with Gasteiger partial charge in [-0.3, -0.25) is 4.79 Å². The highest BCUT2D eigenvalue weighted by Gasteiger charge is 2.17. The summed E-state index contributed by atoms with van der Waals surface area (Å²) in [6.45, 7) is 1.09. The van der Waals surface area contributed by atoms with Crippen LogP contribution in [0.4, 0.5) is 5.69 Å². The fourth-order valence-corrected chi connectivity index (χ4v) is 3.35. The van der Waals surface area contributed by atoms with Crippen molar-refractivity contribution in [3.8, 4) is 5.75 Å². The first-order valence-corrected chi connectivity index (χ1v) is 8.59. The normalized spacial score (nSPS) is 21.0. The molecular formula is C18H27ClN2O2. The van der Waals surface area contributed by atoms with Gasteiger partial charge in [-0.25, -0.2) is 0 Å². The number of carbonyl (C=O) groups is 1. The van der Waals surface area contributed by atoms with E-state index in [9.17, 15) is 4.79 Å². The van der Waals surface area contributed by atoms with Crippen LogP contribution in [0.3, 0.4) is 0 Å². The zero-order chi connectivity index (χ0) is 15.2. The smallest absolute Gasteiger partial charge is 0.224 e. The number of nitrogens with one attached hydrogen (secondary N) is 2. The Morgan fingerprint density at radius 1 is 1.13 bits per heavy atom. The van der Waals surface area contributed by atoms with Gasteiger partial charge in [0.25, 0.3) is 0 Å². The number of halogens is 1. The van der Waals surface area contributed by atoms with Crippen molar-refractivity contribution in [1.29, 1.82) is 0 Å². The Kier molecular flexibility index (Phi) is 7.18. The number of benzene rings is 1. The van der Waals surface area contributed by atoms with E-state index in [1.165, 1.54) is 25.7 Å². The predicted molar refractivity (Wildman–Crippen MR) is 95.5 cm³/mol. The van der Waals surface area contributed by atoms with E-state index in [0.29, 0.717) is 18.6 Å². The molecule has 0 spiro atoms. The molecule has 0 aromatic heterocycles. The highest BCUT2D eigenvalue weighted by atomic mass is 35.5. The van der Waals surface area contributed by atoms with E-state index in [-0.39, 0.29) is 18.3 Å². The number of hydrogen-bond acceptors (Lipinski definition) is 3. The molecule has 1 aliphatic carbocycles. The van der Waals surface area contributed by atoms with Crippen LogP contribution in [-0.4, -0.2) is 24.6 Å². The van der Waals surface area contributed by atoms with E-state index in [1.54, 1.807) is 0 Å². The molecule has 1 saturated carbocycles. The zero-order valence-corrected chi connectivity index (χ0v) is 14.4. The first-order chi connectivity index (χ1) is 10.8. The molecule has 2 aliphatic rings. The molecule has 2 fully saturated rings. The second-order valence-electron chi connectivity index (χ2n) is 6.43. The number of carbonyl (C=O) groups excluding carboxylic acids is 1. The van der Waals surface area contributed by atoms with Gasteiger partial charge >= 0.3 is 0 Å². The van der Waals surface area contributed by atoms with Crippen LogP contribution in [0.25, 0.3) is 0 Å². The van der Waals surface area contributed by atoms with Crippen LogP contribution in [-0.2, 0) is 4.79 Å². The van der Waals surface area contributed by atoms with Gasteiger partial charge in [-0.2, -0.15) is 0 Å². The SMILES string of the molecule is Cl.O=C(CCC1CCCN1)Nc1ccc(OC2CCCC2)cc1. The van der Waals surface area contributed by atoms with Crippen molar-refractivity contribution in [3.05, 3.63) is 24.3 Å². The van der Waals surface area contributed by atoms with Crippen LogP contribution < -0.4 is 15.4 Å². The van der Waals surface area contributed by atoms with Gasteiger partial charge in [0.15, 0.2) is 0 Å². The fourth-order valence-electron chi connectivity index (χ4n) is 3.35. The Balaban J connectivity index is 0.00000192. The van der Waals surface area contributed by atoms with Crippen molar-refractivity contribution in [2.45, 2.75) is 63.5 Å². The quantitative estimate of drug-likeness (QED) is 0.827. The van der Waals surface area contributed by atoms with E-state index in [1.807, 2.05) is 24.3 Å². The van der Waals surface area contributed by atoms with Crippen molar-refractivity contribution < 1.29 is 9.53 Å². The van der Waals surface area contributed by atoms with E-state index in [2.05, 4.69) is 10.6 Å². The number of rotatable bonds is 6. The summed E-state index contributed by atoms with van der Waals surface area (Å²) in [5.41, 5.74) is 0.850. The second-order valence-corrected chi connectivity index (χ2v) is 6.43. The molecule has 1 unspecified atom stereocenters. The first kappa shape index (κ1) is 18.1. The summed E-state index contributed by atoms with van der Waals surface area (Å²) in [6.07, 6.45) is 9.17. The first-order valence-electron chi connectivity index (χ1n) is 8.59. The summed E-state index contributed by atoms with van der Waals surface area (Å²) >= 11 is 0. The number of hydrogen-bond donors (Lipinski definition) is 2. The van der Waals surface area contributed by atoms with Crippen molar-refractivity contribution in [2.24, 2.45) is 0 Å². The Morgan fingerprint density at radius 3 is 2.52 bits per heavy atom. The second kappa shape index (κ2) is 9.14. The minimum atomic E-state index is 0. The van der Waals surface area contributed by atoms with Gasteiger partial charge in [0, 0.05) is 18.2 Å². The van der Waals surface area contributed by atoms with Gasteiger partial charge in [0.2, 0.25) is 5.91 Å². The molecule has 1 aromatic rings. The lowest BCUT2D eigenvalue weighted by atomic mass is 10.1. The molecule has 1 aromatic carbocycles. The van der Waals surface area contributed by atoms with Crippen molar-refractivity contribution in [1.82, 2.24) is 5.32 Å². The molecular weight excluding hydrogens is 312 g/mol. The Bertz CT molecular complexity index is 480. The van der Waals surface area contributed by atoms with Crippen LogP contribution in [0.15, 0.2) is 24.3 Å². The van der Waals surface area contributed by atoms with Crippen molar-refractivity contribution in [2.75, 3.05) is 11.9 Å². The highest BCUT2D eigenvalue weighted by molar-refractivity contribution is 5.90. The van der Waals surface area contributed by atoms with Gasteiger partial charge < -0.3 is 15.4 Å². The summed E-state index contributed by atoms with van der Waals surface area (Å²) in [5.74, 6) is 0.998. The average Bonchev–Trinajstić information content (AvgIpc) is 3.20. The molecule has 3 rings (SSSR count). The molecule has 1 saturated heterocycles. The summed E-state index contributed by atoms with van der Waals surface area (Å²) < 4.78 is 5.93. The number of ether oxygens (including phenoxy) is 1. The third kappa shape index (κ3) is 5.70. The van der Waals surface area contributed by atoms with Gasteiger partial charge in [-0.05, 0) is 75.8 Å². The standard InChI is InChI=1S/C18H26N2O2.ClH/c21-18(12-9-14-4-3-13-19-14)20-15-7-10-17(11-8-15)22-16-5-1-2-6-16;/h7-8,10-11,14,16,19H,1-6,9,12-13H2,(H,20,21);1H. The number of amides is 1. The van der Waals surface area contributed by atoms with E-state index < -0.39 is 0 Å². The van der Waals surface area contributed by atoms with Crippen molar-refractivity contribution in [3.63, 3.8) is 0 Å². The van der Waals surface area contributed by atoms with Crippen LogP contribution in [0.5, 0.6) is 5.75 Å². The summed E-state index contributed by atoms with van der Waals surface area (Å²) in [7, 11) is 0. The van der Waals surface area contributed by atoms with Gasteiger partial charge in [-0.15, -0.1) is 12.4 Å². The lowest BCUT2D eigenvalue weighted by Crippen LogP contribution is -2.23. The maximum atomic E-state index is 12.0. The summed E-state index contributed by atoms with van der Waals surface area (Å²) in [5, 5.41) is 6.39. The maximum absolute atomic E-state index is 12.0. The van der Waals surface area contributed by atoms with Gasteiger partial charge in [-0.1, -0.05) is 0 Å². The Hall–Kier alpha value is -1.26. The molecule has 0 bridgehead atoms. The third-order valence-electron chi connectivity index (χ3n) is 4.63. The molecule has 0 radical (unpaired) electrons. The van der Waals surface area contributed by atoms with Gasteiger partial charge in [0.05, 0.1) is 6.10 Å². The Labute approximate surface area is 144 Å². The van der Waals surface area contributed by atoms with Crippen molar-refractivity contribution >= 4 is 24.0 Å². The summed E-state index contributed by atoms with van der Waals surface area (Å²) in [6, 6.07) is 8.28. The van der Waals surface area contributed by atoms with Crippen LogP contribution in [0, 0.1) is 0 Å². The fraction of sp³-hybridized carbons (Fsp3) is 0.611. The molecule has 1 amide bonds. The number of anilines is 1. The van der Waals surface area contributed by atoms with E-state index in [0.717, 1.165) is 37.2 Å². The average molecular weight is 339 g/mol. The largest absolute Gasteiger partial charge is 0.490 e. The molecule has 128 valence electrons. The van der Waals surface area contributed by atoms with E-state index >= 15 is 0 Å². The predicted octanol–water partition coefficient (Wildman–Crippen LogP) is 3.90. The molecule has 1 heterocycles. The molecule has 1 atom stereocenters. The topological polar surface area (TPSA) is 50.4 Å². The lowest BCUT2D eigenvalue weighted by Gasteiger charge is -2.14. The van der Waals surface area contributed by atoms with Crippen LogP contribution in [0.2, 0.25) is 0 Å². The molecule has 2 N–H and O–H groups in total. The summed E-state index contributed by atoms with van der Waals surface area (Å²) in [4.78, 5) is 12.0. The molecule has 4 nitrogen and oxygen atoms in total. The maximum Gasteiger partial charge on any atom is 0.224 e. The van der Waals surface area contributed by atoms with E-state index in [4.69, 9.17) is 4.74 Å². The molecule has 5 heteroatoms. The zero-order valence-electron chi connectivity index (χ0n) is 13.6. The molecule has 23 heavy (non-hydrogen) atoms. The monoisotopic (exact) mass is 338 g/mol. The lowest BCUT2D eigenvalue weighted by molar-refractivity contribution is -0.116. The third-order valence-corrected chi connectivity index (χ3v) is 4.63. The molecule has 1 aliphatic heterocycles. The highest BCUT2D eigenvalue weighted by Crippen LogP contribution is 2.25. The van der Waals surface area contributed by atoms with Gasteiger partial charge in [0.1, 0.15) is 5.75 Å². The Morgan fingerprint density at radius 2 is 1.87 bits per heavy atom. The minimum absolute atomic E-state index is 0. The minimum Gasteiger partial charge on any atom is -0.490 e.